The van der Waals surface area contributed by atoms with Gasteiger partial charge in [-0.05, 0) is 43.2 Å². The highest BCUT2D eigenvalue weighted by Crippen LogP contribution is 2.09. The molecule has 2 rings (SSSR count). The van der Waals surface area contributed by atoms with Crippen molar-refractivity contribution in [1.82, 2.24) is 4.98 Å². The normalized spacial score (nSPS) is 12.9. The predicted octanol–water partition coefficient (Wildman–Crippen LogP) is 4.47. The van der Waals surface area contributed by atoms with E-state index in [0.29, 0.717) is 0 Å². The number of hydrogen-bond donors (Lipinski definition) is 0. The SMILES string of the molecule is CN=C(/C=C(C)/C=C\c1cccc(C)c1)c1ccccn1. The van der Waals surface area contributed by atoms with E-state index in [1.54, 1.807) is 13.2 Å². The summed E-state index contributed by atoms with van der Waals surface area (Å²) in [4.78, 5) is 8.64. The maximum absolute atomic E-state index is 4.33. The average Bonchev–Trinajstić information content (AvgIpc) is 2.51. The van der Waals surface area contributed by atoms with Gasteiger partial charge in [0.15, 0.2) is 0 Å². The number of benzene rings is 1. The van der Waals surface area contributed by atoms with Gasteiger partial charge in [-0.25, -0.2) is 0 Å². The van der Waals surface area contributed by atoms with Crippen LogP contribution in [0.1, 0.15) is 23.7 Å². The summed E-state index contributed by atoms with van der Waals surface area (Å²) in [6.07, 6.45) is 8.05. The molecule has 0 unspecified atom stereocenters. The molecule has 0 N–H and O–H groups in total. The summed E-state index contributed by atoms with van der Waals surface area (Å²) in [5.41, 5.74) is 5.40. The summed E-state index contributed by atoms with van der Waals surface area (Å²) in [7, 11) is 1.79. The van der Waals surface area contributed by atoms with E-state index >= 15 is 0 Å². The van der Waals surface area contributed by atoms with Gasteiger partial charge in [0.1, 0.15) is 0 Å². The van der Waals surface area contributed by atoms with E-state index in [1.807, 2.05) is 18.2 Å². The molecule has 0 amide bonds. The molecular formula is C19H20N2. The van der Waals surface area contributed by atoms with Crippen molar-refractivity contribution in [2.45, 2.75) is 13.8 Å². The quantitative estimate of drug-likeness (QED) is 0.597. The largest absolute Gasteiger partial charge is 0.286 e. The molecule has 0 spiro atoms. The highest BCUT2D eigenvalue weighted by molar-refractivity contribution is 6.07. The third-order valence-corrected chi connectivity index (χ3v) is 3.11. The lowest BCUT2D eigenvalue weighted by Gasteiger charge is -2.01. The molecule has 0 aliphatic heterocycles. The third kappa shape index (κ3) is 4.53. The van der Waals surface area contributed by atoms with Crippen LogP contribution < -0.4 is 0 Å². The number of aliphatic imine (C=N–C) groups is 1. The molecule has 2 aromatic rings. The fraction of sp³-hybridized carbons (Fsp3) is 0.158. The molecule has 0 radical (unpaired) electrons. The molecule has 2 nitrogen and oxygen atoms in total. The molecule has 0 atom stereocenters. The van der Waals surface area contributed by atoms with Crippen LogP contribution in [0.3, 0.4) is 0 Å². The van der Waals surface area contributed by atoms with E-state index in [2.05, 4.69) is 66.3 Å². The van der Waals surface area contributed by atoms with Crippen molar-refractivity contribution >= 4 is 11.8 Å². The van der Waals surface area contributed by atoms with Crippen LogP contribution in [0, 0.1) is 6.92 Å². The molecule has 1 aromatic carbocycles. The molecule has 0 aliphatic carbocycles. The Morgan fingerprint density at radius 1 is 1.14 bits per heavy atom. The molecule has 21 heavy (non-hydrogen) atoms. The fourth-order valence-electron chi connectivity index (χ4n) is 2.03. The molecule has 1 heterocycles. The molecule has 0 saturated heterocycles. The summed E-state index contributed by atoms with van der Waals surface area (Å²) >= 11 is 0. The molecule has 106 valence electrons. The minimum atomic E-state index is 0.891. The third-order valence-electron chi connectivity index (χ3n) is 3.11. The lowest BCUT2D eigenvalue weighted by Crippen LogP contribution is -2.00. The first-order valence-corrected chi connectivity index (χ1v) is 7.00. The second-order valence-corrected chi connectivity index (χ2v) is 4.96. The number of rotatable bonds is 4. The van der Waals surface area contributed by atoms with Gasteiger partial charge in [-0.1, -0.05) is 48.0 Å². The van der Waals surface area contributed by atoms with Crippen molar-refractivity contribution in [3.8, 4) is 0 Å². The lowest BCUT2D eigenvalue weighted by atomic mass is 10.1. The van der Waals surface area contributed by atoms with Crippen molar-refractivity contribution in [2.75, 3.05) is 7.05 Å². The van der Waals surface area contributed by atoms with Gasteiger partial charge in [0, 0.05) is 13.2 Å². The first kappa shape index (κ1) is 14.9. The van der Waals surface area contributed by atoms with Gasteiger partial charge in [0.2, 0.25) is 0 Å². The average molecular weight is 276 g/mol. The summed E-state index contributed by atoms with van der Waals surface area (Å²) in [5, 5.41) is 0. The molecule has 1 aromatic heterocycles. The zero-order valence-corrected chi connectivity index (χ0v) is 12.7. The summed E-state index contributed by atoms with van der Waals surface area (Å²) < 4.78 is 0. The van der Waals surface area contributed by atoms with Gasteiger partial charge in [0.25, 0.3) is 0 Å². The Kier molecular flexibility index (Phi) is 5.22. The molecular weight excluding hydrogens is 256 g/mol. The van der Waals surface area contributed by atoms with Crippen molar-refractivity contribution < 1.29 is 0 Å². The minimum Gasteiger partial charge on any atom is -0.286 e. The predicted molar refractivity (Wildman–Crippen MR) is 90.7 cm³/mol. The maximum Gasteiger partial charge on any atom is 0.0881 e. The van der Waals surface area contributed by atoms with E-state index in [9.17, 15) is 0 Å². The number of aryl methyl sites for hydroxylation is 1. The topological polar surface area (TPSA) is 25.2 Å². The fourth-order valence-corrected chi connectivity index (χ4v) is 2.03. The zero-order valence-electron chi connectivity index (χ0n) is 12.7. The number of hydrogen-bond acceptors (Lipinski definition) is 2. The van der Waals surface area contributed by atoms with Gasteiger partial charge in [-0.15, -0.1) is 0 Å². The Bertz CT molecular complexity index is 680. The van der Waals surface area contributed by atoms with E-state index in [4.69, 9.17) is 0 Å². The van der Waals surface area contributed by atoms with Crippen molar-refractivity contribution in [3.05, 3.63) is 83.2 Å². The molecule has 0 bridgehead atoms. The Hall–Kier alpha value is -2.48. The van der Waals surface area contributed by atoms with E-state index in [1.165, 1.54) is 11.1 Å². The molecule has 2 heteroatoms. The first-order valence-electron chi connectivity index (χ1n) is 7.00. The van der Waals surface area contributed by atoms with Crippen LogP contribution in [0.25, 0.3) is 6.08 Å². The van der Waals surface area contributed by atoms with E-state index in [-0.39, 0.29) is 0 Å². The van der Waals surface area contributed by atoms with Crippen molar-refractivity contribution in [2.24, 2.45) is 4.99 Å². The number of allylic oxidation sites excluding steroid dienone is 3. The van der Waals surface area contributed by atoms with Gasteiger partial charge in [0.05, 0.1) is 11.4 Å². The Morgan fingerprint density at radius 2 is 2.00 bits per heavy atom. The Morgan fingerprint density at radius 3 is 2.67 bits per heavy atom. The van der Waals surface area contributed by atoms with Crippen LogP contribution in [0.5, 0.6) is 0 Å². The van der Waals surface area contributed by atoms with Crippen LogP contribution in [0.2, 0.25) is 0 Å². The van der Waals surface area contributed by atoms with Crippen LogP contribution in [-0.2, 0) is 0 Å². The minimum absolute atomic E-state index is 0.891. The van der Waals surface area contributed by atoms with Crippen LogP contribution in [0.15, 0.2) is 71.4 Å². The van der Waals surface area contributed by atoms with Crippen molar-refractivity contribution in [3.63, 3.8) is 0 Å². The Labute approximate surface area is 126 Å². The van der Waals surface area contributed by atoms with Crippen LogP contribution >= 0.6 is 0 Å². The summed E-state index contributed by atoms with van der Waals surface area (Å²) in [6.45, 7) is 4.17. The van der Waals surface area contributed by atoms with Gasteiger partial charge >= 0.3 is 0 Å². The van der Waals surface area contributed by atoms with Gasteiger partial charge in [-0.3, -0.25) is 9.98 Å². The summed E-state index contributed by atoms with van der Waals surface area (Å²) in [5.74, 6) is 0. The molecule has 0 saturated carbocycles. The van der Waals surface area contributed by atoms with E-state index < -0.39 is 0 Å². The number of pyridine rings is 1. The zero-order chi connectivity index (χ0) is 15.1. The van der Waals surface area contributed by atoms with Crippen LogP contribution in [0.4, 0.5) is 0 Å². The monoisotopic (exact) mass is 276 g/mol. The first-order chi connectivity index (χ1) is 10.2. The second kappa shape index (κ2) is 7.34. The Balaban J connectivity index is 2.17. The van der Waals surface area contributed by atoms with E-state index in [0.717, 1.165) is 17.0 Å². The van der Waals surface area contributed by atoms with Gasteiger partial charge < -0.3 is 0 Å². The second-order valence-electron chi connectivity index (χ2n) is 4.96. The molecule has 0 aliphatic rings. The smallest absolute Gasteiger partial charge is 0.0881 e. The highest BCUT2D eigenvalue weighted by Gasteiger charge is 1.99. The van der Waals surface area contributed by atoms with Gasteiger partial charge in [-0.2, -0.15) is 0 Å². The highest BCUT2D eigenvalue weighted by atomic mass is 14.8. The number of aromatic nitrogens is 1. The van der Waals surface area contributed by atoms with Crippen LogP contribution in [-0.4, -0.2) is 17.7 Å². The van der Waals surface area contributed by atoms with Crippen molar-refractivity contribution in [1.29, 1.82) is 0 Å². The summed E-state index contributed by atoms with van der Waals surface area (Å²) in [6, 6.07) is 14.3. The maximum atomic E-state index is 4.33. The lowest BCUT2D eigenvalue weighted by molar-refractivity contribution is 1.27. The number of nitrogens with zero attached hydrogens (tertiary/aromatic N) is 2. The molecule has 0 fully saturated rings. The standard InChI is InChI=1S/C19H20N2/c1-15-7-6-8-17(13-15)11-10-16(2)14-19(20-3)18-9-4-5-12-21-18/h4-14H,1-3H3/b11-10-,16-14+,20-19?.